The maximum Gasteiger partial charge on any atom is 0.209 e. The van der Waals surface area contributed by atoms with Gasteiger partial charge in [-0.2, -0.15) is 0 Å². The lowest BCUT2D eigenvalue weighted by atomic mass is 10.3. The molecule has 0 aliphatic heterocycles. The molecule has 1 atom stereocenters. The molecular weight excluding hydrogens is 230 g/mol. The van der Waals surface area contributed by atoms with Crippen LogP contribution in [0, 0.1) is 0 Å². The molecule has 5 nitrogen and oxygen atoms in total. The SMILES string of the molecule is CC(O)CCN(C)Cc1nc2cc(N)ccc2o1. The van der Waals surface area contributed by atoms with Gasteiger partial charge in [0, 0.05) is 12.2 Å². The highest BCUT2D eigenvalue weighted by Crippen LogP contribution is 2.18. The Morgan fingerprint density at radius 3 is 3.00 bits per heavy atom. The molecule has 0 amide bonds. The van der Waals surface area contributed by atoms with Crippen molar-refractivity contribution in [1.29, 1.82) is 0 Å². The van der Waals surface area contributed by atoms with Crippen LogP contribution in [0.15, 0.2) is 22.6 Å². The highest BCUT2D eigenvalue weighted by molar-refractivity contribution is 5.76. The zero-order valence-electron chi connectivity index (χ0n) is 10.8. The van der Waals surface area contributed by atoms with Crippen LogP contribution in [-0.4, -0.2) is 34.7 Å². The summed E-state index contributed by atoms with van der Waals surface area (Å²) in [4.78, 5) is 6.46. The van der Waals surface area contributed by atoms with E-state index in [0.717, 1.165) is 24.1 Å². The minimum Gasteiger partial charge on any atom is -0.439 e. The van der Waals surface area contributed by atoms with Gasteiger partial charge in [-0.1, -0.05) is 0 Å². The topological polar surface area (TPSA) is 75.5 Å². The molecule has 0 spiro atoms. The van der Waals surface area contributed by atoms with Crippen LogP contribution in [0.4, 0.5) is 5.69 Å². The van der Waals surface area contributed by atoms with Gasteiger partial charge in [0.2, 0.25) is 5.89 Å². The van der Waals surface area contributed by atoms with Crippen molar-refractivity contribution in [2.24, 2.45) is 0 Å². The normalized spacial score (nSPS) is 13.3. The molecule has 1 heterocycles. The summed E-state index contributed by atoms with van der Waals surface area (Å²) in [6.07, 6.45) is 0.458. The van der Waals surface area contributed by atoms with Gasteiger partial charge < -0.3 is 15.3 Å². The van der Waals surface area contributed by atoms with Gasteiger partial charge in [0.1, 0.15) is 5.52 Å². The minimum atomic E-state index is -0.282. The maximum absolute atomic E-state index is 9.23. The third-order valence-electron chi connectivity index (χ3n) is 2.79. The molecule has 1 aromatic carbocycles. The smallest absolute Gasteiger partial charge is 0.209 e. The first kappa shape index (κ1) is 12.9. The van der Waals surface area contributed by atoms with Crippen LogP contribution in [0.3, 0.4) is 0 Å². The molecule has 0 aliphatic carbocycles. The zero-order valence-corrected chi connectivity index (χ0v) is 10.8. The van der Waals surface area contributed by atoms with E-state index in [1.807, 2.05) is 13.1 Å². The number of fused-ring (bicyclic) bond motifs is 1. The van der Waals surface area contributed by atoms with Crippen molar-refractivity contribution in [3.05, 3.63) is 24.1 Å². The maximum atomic E-state index is 9.23. The third-order valence-corrected chi connectivity index (χ3v) is 2.79. The summed E-state index contributed by atoms with van der Waals surface area (Å²) in [5, 5.41) is 9.23. The second-order valence-electron chi connectivity index (χ2n) is 4.71. The molecule has 0 bridgehead atoms. The average molecular weight is 249 g/mol. The second-order valence-corrected chi connectivity index (χ2v) is 4.71. The van der Waals surface area contributed by atoms with Crippen LogP contribution in [0.2, 0.25) is 0 Å². The quantitative estimate of drug-likeness (QED) is 0.787. The summed E-state index contributed by atoms with van der Waals surface area (Å²) < 4.78 is 5.63. The van der Waals surface area contributed by atoms with Crippen LogP contribution in [0.1, 0.15) is 19.2 Å². The molecular formula is C13H19N3O2. The summed E-state index contributed by atoms with van der Waals surface area (Å²) in [6.45, 7) is 3.22. The molecule has 5 heteroatoms. The number of rotatable bonds is 5. The van der Waals surface area contributed by atoms with Gasteiger partial charge in [0.15, 0.2) is 5.58 Å². The Morgan fingerprint density at radius 2 is 2.28 bits per heavy atom. The van der Waals surface area contributed by atoms with Crippen molar-refractivity contribution < 1.29 is 9.52 Å². The zero-order chi connectivity index (χ0) is 13.1. The lowest BCUT2D eigenvalue weighted by Crippen LogP contribution is -2.22. The van der Waals surface area contributed by atoms with Crippen LogP contribution in [0.5, 0.6) is 0 Å². The molecule has 0 fully saturated rings. The van der Waals surface area contributed by atoms with Crippen molar-refractivity contribution in [2.45, 2.75) is 26.0 Å². The number of nitrogen functional groups attached to an aromatic ring is 1. The molecule has 0 saturated carbocycles. The lowest BCUT2D eigenvalue weighted by Gasteiger charge is -2.15. The summed E-state index contributed by atoms with van der Waals surface area (Å²) in [5.74, 6) is 0.670. The largest absolute Gasteiger partial charge is 0.439 e. The number of aromatic nitrogens is 1. The molecule has 2 aromatic rings. The minimum absolute atomic E-state index is 0.282. The number of aliphatic hydroxyl groups is 1. The van der Waals surface area contributed by atoms with Crippen molar-refractivity contribution >= 4 is 16.8 Å². The first-order chi connectivity index (χ1) is 8.54. The Labute approximate surface area is 106 Å². The van der Waals surface area contributed by atoms with Gasteiger partial charge in [-0.15, -0.1) is 0 Å². The van der Waals surface area contributed by atoms with Crippen molar-refractivity contribution in [3.63, 3.8) is 0 Å². The molecule has 1 aromatic heterocycles. The van der Waals surface area contributed by atoms with Gasteiger partial charge >= 0.3 is 0 Å². The number of nitrogens with two attached hydrogens (primary N) is 1. The molecule has 1 unspecified atom stereocenters. The highest BCUT2D eigenvalue weighted by Gasteiger charge is 2.09. The fourth-order valence-corrected chi connectivity index (χ4v) is 1.78. The van der Waals surface area contributed by atoms with Crippen LogP contribution in [-0.2, 0) is 6.54 Å². The Hall–Kier alpha value is -1.59. The Balaban J connectivity index is 2.03. The first-order valence-corrected chi connectivity index (χ1v) is 6.06. The number of benzene rings is 1. The Kier molecular flexibility index (Phi) is 3.84. The Bertz CT molecular complexity index is 522. The summed E-state index contributed by atoms with van der Waals surface area (Å²) in [6, 6.07) is 5.43. The molecule has 0 aliphatic rings. The summed E-state index contributed by atoms with van der Waals surface area (Å²) in [5.41, 5.74) is 7.92. The fraction of sp³-hybridized carbons (Fsp3) is 0.462. The number of anilines is 1. The van der Waals surface area contributed by atoms with Crippen LogP contribution >= 0.6 is 0 Å². The van der Waals surface area contributed by atoms with Crippen LogP contribution in [0.25, 0.3) is 11.1 Å². The van der Waals surface area contributed by atoms with Crippen molar-refractivity contribution in [1.82, 2.24) is 9.88 Å². The number of hydrogen-bond acceptors (Lipinski definition) is 5. The molecule has 0 radical (unpaired) electrons. The number of hydrogen-bond donors (Lipinski definition) is 2. The number of nitrogens with zero attached hydrogens (tertiary/aromatic N) is 2. The van der Waals surface area contributed by atoms with E-state index < -0.39 is 0 Å². The van der Waals surface area contributed by atoms with E-state index in [-0.39, 0.29) is 6.10 Å². The number of oxazole rings is 1. The van der Waals surface area contributed by atoms with Crippen molar-refractivity contribution in [3.8, 4) is 0 Å². The van der Waals surface area contributed by atoms with E-state index >= 15 is 0 Å². The third kappa shape index (κ3) is 3.21. The molecule has 18 heavy (non-hydrogen) atoms. The van der Waals surface area contributed by atoms with Crippen molar-refractivity contribution in [2.75, 3.05) is 19.3 Å². The highest BCUT2D eigenvalue weighted by atomic mass is 16.3. The molecule has 3 N–H and O–H groups in total. The van der Waals surface area contributed by atoms with E-state index in [1.54, 1.807) is 19.1 Å². The van der Waals surface area contributed by atoms with Gasteiger partial charge in [0.25, 0.3) is 0 Å². The monoisotopic (exact) mass is 249 g/mol. The van der Waals surface area contributed by atoms with E-state index in [9.17, 15) is 5.11 Å². The molecule has 2 rings (SSSR count). The van der Waals surface area contributed by atoms with Crippen LogP contribution < -0.4 is 5.73 Å². The van der Waals surface area contributed by atoms with E-state index in [0.29, 0.717) is 18.1 Å². The van der Waals surface area contributed by atoms with Gasteiger partial charge in [-0.25, -0.2) is 4.98 Å². The van der Waals surface area contributed by atoms with Gasteiger partial charge in [-0.3, -0.25) is 4.90 Å². The fourth-order valence-electron chi connectivity index (χ4n) is 1.78. The number of aliphatic hydroxyl groups excluding tert-OH is 1. The predicted molar refractivity (Wildman–Crippen MR) is 71.1 cm³/mol. The van der Waals surface area contributed by atoms with E-state index in [2.05, 4.69) is 9.88 Å². The molecule has 98 valence electrons. The standard InChI is InChI=1S/C13H19N3O2/c1-9(17)5-6-16(2)8-13-15-11-7-10(14)3-4-12(11)18-13/h3-4,7,9,17H,5-6,8,14H2,1-2H3. The average Bonchev–Trinajstić information content (AvgIpc) is 2.67. The summed E-state index contributed by atoms with van der Waals surface area (Å²) in [7, 11) is 1.98. The lowest BCUT2D eigenvalue weighted by molar-refractivity contribution is 0.160. The second kappa shape index (κ2) is 5.37. The first-order valence-electron chi connectivity index (χ1n) is 6.06. The molecule has 0 saturated heterocycles. The summed E-state index contributed by atoms with van der Waals surface area (Å²) >= 11 is 0. The van der Waals surface area contributed by atoms with E-state index in [4.69, 9.17) is 10.2 Å². The predicted octanol–water partition coefficient (Wildman–Crippen LogP) is 1.61. The van der Waals surface area contributed by atoms with E-state index in [1.165, 1.54) is 0 Å². The van der Waals surface area contributed by atoms with Gasteiger partial charge in [0.05, 0.1) is 12.6 Å². The van der Waals surface area contributed by atoms with Gasteiger partial charge in [-0.05, 0) is 38.6 Å². The Morgan fingerprint density at radius 1 is 1.50 bits per heavy atom.